The van der Waals surface area contributed by atoms with Gasteiger partial charge in [-0.05, 0) is 48.7 Å². The van der Waals surface area contributed by atoms with Crippen molar-refractivity contribution in [2.45, 2.75) is 13.5 Å². The summed E-state index contributed by atoms with van der Waals surface area (Å²) in [4.78, 5) is 24.9. The van der Waals surface area contributed by atoms with Gasteiger partial charge in [-0.3, -0.25) is 4.79 Å². The van der Waals surface area contributed by atoms with Gasteiger partial charge in [-0.25, -0.2) is 9.48 Å². The smallest absolute Gasteiger partial charge is 0.319 e. The van der Waals surface area contributed by atoms with Crippen LogP contribution >= 0.6 is 11.3 Å². The Morgan fingerprint density at radius 1 is 1.19 bits per heavy atom. The Bertz CT molecular complexity index is 936. The van der Waals surface area contributed by atoms with E-state index in [2.05, 4.69) is 15.7 Å². The molecule has 2 heterocycles. The van der Waals surface area contributed by atoms with Gasteiger partial charge in [0.2, 0.25) is 0 Å². The lowest BCUT2D eigenvalue weighted by Gasteiger charge is -2.10. The highest BCUT2D eigenvalue weighted by Crippen LogP contribution is 2.21. The van der Waals surface area contributed by atoms with E-state index in [1.165, 1.54) is 10.7 Å². The molecule has 7 nitrogen and oxygen atoms in total. The zero-order valence-corrected chi connectivity index (χ0v) is 15.7. The molecule has 0 bridgehead atoms. The molecule has 27 heavy (non-hydrogen) atoms. The summed E-state index contributed by atoms with van der Waals surface area (Å²) in [6, 6.07) is 13.8. The molecule has 0 saturated carbocycles. The summed E-state index contributed by atoms with van der Waals surface area (Å²) < 4.78 is 6.71. The first-order valence-corrected chi connectivity index (χ1v) is 9.43. The number of carbonyl (C=O) groups excluding carboxylic acids is 1. The number of nitrogens with one attached hydrogen (secondary N) is 2. The van der Waals surface area contributed by atoms with Gasteiger partial charge >= 0.3 is 6.03 Å². The summed E-state index contributed by atoms with van der Waals surface area (Å²) >= 11 is 1.56. The monoisotopic (exact) mass is 384 g/mol. The summed E-state index contributed by atoms with van der Waals surface area (Å²) in [5.41, 5.74) is 1.19. The van der Waals surface area contributed by atoms with Crippen molar-refractivity contribution < 1.29 is 9.53 Å². The normalized spacial score (nSPS) is 10.4. The van der Waals surface area contributed by atoms with Gasteiger partial charge in [-0.1, -0.05) is 6.07 Å². The maximum Gasteiger partial charge on any atom is 0.319 e. The molecule has 0 fully saturated rings. The summed E-state index contributed by atoms with van der Waals surface area (Å²) in [5.74, 6) is 0.750. The van der Waals surface area contributed by atoms with Crippen LogP contribution < -0.4 is 20.9 Å². The topological polar surface area (TPSA) is 85.2 Å². The van der Waals surface area contributed by atoms with E-state index in [-0.39, 0.29) is 24.7 Å². The molecule has 0 spiro atoms. The Morgan fingerprint density at radius 2 is 2.00 bits per heavy atom. The van der Waals surface area contributed by atoms with Gasteiger partial charge in [0, 0.05) is 18.3 Å². The number of urea groups is 1. The van der Waals surface area contributed by atoms with Crippen LogP contribution in [0.5, 0.6) is 5.75 Å². The number of hydrogen-bond acceptors (Lipinski definition) is 5. The van der Waals surface area contributed by atoms with E-state index in [4.69, 9.17) is 4.74 Å². The molecule has 8 heteroatoms. The minimum Gasteiger partial charge on any atom is -0.494 e. The van der Waals surface area contributed by atoms with Crippen molar-refractivity contribution >= 4 is 23.1 Å². The van der Waals surface area contributed by atoms with Crippen LogP contribution in [0.2, 0.25) is 0 Å². The number of thiophene rings is 1. The Kier molecular flexibility index (Phi) is 6.22. The lowest BCUT2D eigenvalue weighted by atomic mass is 10.3. The maximum absolute atomic E-state index is 12.0. The molecule has 0 aliphatic rings. The first kappa shape index (κ1) is 18.7. The maximum atomic E-state index is 12.0. The van der Waals surface area contributed by atoms with E-state index in [1.54, 1.807) is 41.7 Å². The van der Waals surface area contributed by atoms with Crippen molar-refractivity contribution in [3.8, 4) is 16.3 Å². The van der Waals surface area contributed by atoms with E-state index >= 15 is 0 Å². The van der Waals surface area contributed by atoms with Crippen LogP contribution in [0.4, 0.5) is 10.5 Å². The van der Waals surface area contributed by atoms with Crippen molar-refractivity contribution in [2.24, 2.45) is 0 Å². The Labute approximate surface area is 160 Å². The molecule has 2 amide bonds. The lowest BCUT2D eigenvalue weighted by molar-refractivity contribution is 0.251. The van der Waals surface area contributed by atoms with Gasteiger partial charge in [-0.2, -0.15) is 5.10 Å². The molecule has 0 aliphatic heterocycles. The molecule has 0 radical (unpaired) electrons. The molecule has 0 unspecified atom stereocenters. The van der Waals surface area contributed by atoms with Crippen molar-refractivity contribution in [1.29, 1.82) is 0 Å². The van der Waals surface area contributed by atoms with Crippen LogP contribution in [0.3, 0.4) is 0 Å². The fraction of sp³-hybridized carbons (Fsp3) is 0.211. The average molecular weight is 384 g/mol. The third-order valence-corrected chi connectivity index (χ3v) is 4.56. The number of aromatic nitrogens is 2. The number of ether oxygens (including phenoxy) is 1. The first-order chi connectivity index (χ1) is 13.2. The molecule has 3 aromatic rings. The van der Waals surface area contributed by atoms with Gasteiger partial charge in [0.15, 0.2) is 0 Å². The predicted molar refractivity (Wildman–Crippen MR) is 106 cm³/mol. The molecule has 0 aliphatic carbocycles. The second-order valence-corrected chi connectivity index (χ2v) is 6.54. The standard InChI is InChI=1S/C19H20N4O3S/c1-2-26-15-7-5-14(6-8-15)21-19(25)20-11-12-23-18(24)10-9-16(22-23)17-4-3-13-27-17/h3-10,13H,2,11-12H2,1H3,(H2,20,21,25). The first-order valence-electron chi connectivity index (χ1n) is 8.55. The van der Waals surface area contributed by atoms with Crippen molar-refractivity contribution in [1.82, 2.24) is 15.1 Å². The number of hydrogen-bond donors (Lipinski definition) is 2. The van der Waals surface area contributed by atoms with E-state index in [0.717, 1.165) is 16.3 Å². The highest BCUT2D eigenvalue weighted by atomic mass is 32.1. The Morgan fingerprint density at radius 3 is 2.70 bits per heavy atom. The highest BCUT2D eigenvalue weighted by Gasteiger charge is 2.06. The van der Waals surface area contributed by atoms with Crippen molar-refractivity contribution in [2.75, 3.05) is 18.5 Å². The SMILES string of the molecule is CCOc1ccc(NC(=O)NCCn2nc(-c3cccs3)ccc2=O)cc1. The van der Waals surface area contributed by atoms with E-state index < -0.39 is 0 Å². The zero-order valence-electron chi connectivity index (χ0n) is 14.8. The minimum atomic E-state index is -0.346. The third kappa shape index (κ3) is 5.18. The van der Waals surface area contributed by atoms with E-state index in [9.17, 15) is 9.59 Å². The third-order valence-electron chi connectivity index (χ3n) is 3.67. The number of rotatable bonds is 7. The Balaban J connectivity index is 1.52. The fourth-order valence-corrected chi connectivity index (χ4v) is 3.11. The van der Waals surface area contributed by atoms with Crippen molar-refractivity contribution in [3.05, 3.63) is 64.3 Å². The molecule has 2 N–H and O–H groups in total. The second kappa shape index (κ2) is 9.00. The number of amides is 2. The molecule has 0 saturated heterocycles. The molecule has 2 aromatic heterocycles. The summed E-state index contributed by atoms with van der Waals surface area (Å²) in [6.07, 6.45) is 0. The molecular formula is C19H20N4O3S. The van der Waals surface area contributed by atoms with Crippen LogP contribution in [0.25, 0.3) is 10.6 Å². The van der Waals surface area contributed by atoms with Gasteiger partial charge < -0.3 is 15.4 Å². The minimum absolute atomic E-state index is 0.205. The van der Waals surface area contributed by atoms with Crippen molar-refractivity contribution in [3.63, 3.8) is 0 Å². The molecule has 0 atom stereocenters. The summed E-state index contributed by atoms with van der Waals surface area (Å²) in [5, 5.41) is 11.8. The summed E-state index contributed by atoms with van der Waals surface area (Å²) in [6.45, 7) is 3.07. The number of carbonyl (C=O) groups is 1. The molecule has 1 aromatic carbocycles. The van der Waals surface area contributed by atoms with E-state index in [1.807, 2.05) is 24.4 Å². The lowest BCUT2D eigenvalue weighted by Crippen LogP contribution is -2.34. The number of nitrogens with zero attached hydrogens (tertiary/aromatic N) is 2. The van der Waals surface area contributed by atoms with Gasteiger partial charge in [0.05, 0.1) is 18.0 Å². The van der Waals surface area contributed by atoms with Crippen LogP contribution in [0.1, 0.15) is 6.92 Å². The van der Waals surface area contributed by atoms with Crippen LogP contribution in [-0.2, 0) is 6.54 Å². The zero-order chi connectivity index (χ0) is 19.1. The van der Waals surface area contributed by atoms with Crippen LogP contribution in [-0.4, -0.2) is 29.0 Å². The van der Waals surface area contributed by atoms with Gasteiger partial charge in [-0.15, -0.1) is 11.3 Å². The predicted octanol–water partition coefficient (Wildman–Crippen LogP) is 3.19. The van der Waals surface area contributed by atoms with Gasteiger partial charge in [0.25, 0.3) is 5.56 Å². The fourth-order valence-electron chi connectivity index (χ4n) is 2.42. The summed E-state index contributed by atoms with van der Waals surface area (Å²) in [7, 11) is 0. The van der Waals surface area contributed by atoms with Gasteiger partial charge in [0.1, 0.15) is 11.4 Å². The molecule has 140 valence electrons. The van der Waals surface area contributed by atoms with Crippen LogP contribution in [0, 0.1) is 0 Å². The highest BCUT2D eigenvalue weighted by molar-refractivity contribution is 7.13. The number of benzene rings is 1. The quantitative estimate of drug-likeness (QED) is 0.655. The average Bonchev–Trinajstić information content (AvgIpc) is 3.20. The van der Waals surface area contributed by atoms with Crippen LogP contribution in [0.15, 0.2) is 58.7 Å². The van der Waals surface area contributed by atoms with E-state index in [0.29, 0.717) is 12.3 Å². The second-order valence-electron chi connectivity index (χ2n) is 5.60. The largest absolute Gasteiger partial charge is 0.494 e. The Hall–Kier alpha value is -3.13. The molecular weight excluding hydrogens is 364 g/mol. The molecule has 3 rings (SSSR count). The number of anilines is 1.